The first kappa shape index (κ1) is 12.6. The van der Waals surface area contributed by atoms with Crippen LogP contribution in [-0.4, -0.2) is 11.9 Å². The lowest BCUT2D eigenvalue weighted by atomic mass is 10.0. The molecular weight excluding hydrogens is 207 g/mol. The standard InChI is InChI=1S/C12H17FN2O/c1-7-4-10(13)6-11(5-7)15-12(16)8(2)9(3)14/h4-6,8-9H,14H2,1-3H3,(H,15,16). The normalized spacial score (nSPS) is 14.3. The number of hydrogen-bond acceptors (Lipinski definition) is 2. The molecule has 1 aromatic rings. The van der Waals surface area contributed by atoms with Gasteiger partial charge in [-0.05, 0) is 37.6 Å². The summed E-state index contributed by atoms with van der Waals surface area (Å²) in [4.78, 5) is 11.7. The Morgan fingerprint density at radius 3 is 2.50 bits per heavy atom. The van der Waals surface area contributed by atoms with Crippen LogP contribution in [-0.2, 0) is 4.79 Å². The maximum atomic E-state index is 13.1. The van der Waals surface area contributed by atoms with Crippen molar-refractivity contribution < 1.29 is 9.18 Å². The van der Waals surface area contributed by atoms with E-state index in [2.05, 4.69) is 5.32 Å². The summed E-state index contributed by atoms with van der Waals surface area (Å²) in [5.74, 6) is -0.854. The number of hydrogen-bond donors (Lipinski definition) is 2. The van der Waals surface area contributed by atoms with Crippen molar-refractivity contribution >= 4 is 11.6 Å². The molecule has 0 aromatic heterocycles. The molecule has 0 aliphatic heterocycles. The molecule has 1 rings (SSSR count). The molecule has 0 aliphatic carbocycles. The molecule has 1 aromatic carbocycles. The minimum Gasteiger partial charge on any atom is -0.327 e. The molecule has 2 atom stereocenters. The van der Waals surface area contributed by atoms with E-state index in [4.69, 9.17) is 5.73 Å². The van der Waals surface area contributed by atoms with E-state index in [-0.39, 0.29) is 23.7 Å². The van der Waals surface area contributed by atoms with E-state index < -0.39 is 0 Å². The number of halogens is 1. The third-order valence-corrected chi connectivity index (χ3v) is 2.51. The van der Waals surface area contributed by atoms with Crippen LogP contribution in [0.3, 0.4) is 0 Å². The first-order valence-electron chi connectivity index (χ1n) is 5.24. The molecule has 0 heterocycles. The van der Waals surface area contributed by atoms with Gasteiger partial charge in [0.05, 0.1) is 5.92 Å². The predicted molar refractivity (Wildman–Crippen MR) is 62.6 cm³/mol. The average Bonchev–Trinajstić information content (AvgIpc) is 2.14. The van der Waals surface area contributed by atoms with Crippen molar-refractivity contribution in [2.45, 2.75) is 26.8 Å². The summed E-state index contributed by atoms with van der Waals surface area (Å²) in [6.45, 7) is 5.28. The maximum absolute atomic E-state index is 13.1. The van der Waals surface area contributed by atoms with Crippen LogP contribution in [0.15, 0.2) is 18.2 Å². The zero-order chi connectivity index (χ0) is 12.3. The zero-order valence-corrected chi connectivity index (χ0v) is 9.75. The summed E-state index contributed by atoms with van der Waals surface area (Å²) >= 11 is 0. The summed E-state index contributed by atoms with van der Waals surface area (Å²) < 4.78 is 13.1. The molecule has 2 unspecified atom stereocenters. The molecule has 0 radical (unpaired) electrons. The van der Waals surface area contributed by atoms with Gasteiger partial charge >= 0.3 is 0 Å². The summed E-state index contributed by atoms with van der Waals surface area (Å²) in [5, 5.41) is 2.65. The van der Waals surface area contributed by atoms with Gasteiger partial charge in [0, 0.05) is 11.7 Å². The predicted octanol–water partition coefficient (Wildman–Crippen LogP) is 2.06. The molecule has 0 bridgehead atoms. The second kappa shape index (κ2) is 5.07. The maximum Gasteiger partial charge on any atom is 0.228 e. The van der Waals surface area contributed by atoms with Crippen LogP contribution in [0.4, 0.5) is 10.1 Å². The van der Waals surface area contributed by atoms with Gasteiger partial charge in [-0.3, -0.25) is 4.79 Å². The highest BCUT2D eigenvalue weighted by Crippen LogP contribution is 2.14. The highest BCUT2D eigenvalue weighted by Gasteiger charge is 2.17. The average molecular weight is 224 g/mol. The third kappa shape index (κ3) is 3.31. The van der Waals surface area contributed by atoms with Crippen molar-refractivity contribution in [2.75, 3.05) is 5.32 Å². The van der Waals surface area contributed by atoms with Crippen molar-refractivity contribution in [2.24, 2.45) is 11.7 Å². The topological polar surface area (TPSA) is 55.1 Å². The number of amides is 1. The van der Waals surface area contributed by atoms with Crippen LogP contribution in [0.1, 0.15) is 19.4 Å². The lowest BCUT2D eigenvalue weighted by Gasteiger charge is -2.15. The minimum atomic E-state index is -0.358. The van der Waals surface area contributed by atoms with Crippen molar-refractivity contribution in [1.82, 2.24) is 0 Å². The summed E-state index contributed by atoms with van der Waals surface area (Å²) in [5.41, 5.74) is 6.85. The molecule has 3 nitrogen and oxygen atoms in total. The van der Waals surface area contributed by atoms with E-state index in [9.17, 15) is 9.18 Å². The van der Waals surface area contributed by atoms with Gasteiger partial charge < -0.3 is 11.1 Å². The molecule has 16 heavy (non-hydrogen) atoms. The Labute approximate surface area is 94.8 Å². The Kier molecular flexibility index (Phi) is 4.01. The number of benzene rings is 1. The van der Waals surface area contributed by atoms with Gasteiger partial charge in [-0.1, -0.05) is 6.92 Å². The fourth-order valence-electron chi connectivity index (χ4n) is 1.30. The van der Waals surface area contributed by atoms with Crippen LogP contribution in [0.25, 0.3) is 0 Å². The van der Waals surface area contributed by atoms with Gasteiger partial charge in [0.1, 0.15) is 5.82 Å². The van der Waals surface area contributed by atoms with E-state index in [1.54, 1.807) is 26.8 Å². The first-order chi connectivity index (χ1) is 7.40. The summed E-state index contributed by atoms with van der Waals surface area (Å²) in [6.07, 6.45) is 0. The lowest BCUT2D eigenvalue weighted by molar-refractivity contribution is -0.119. The molecule has 1 amide bonds. The number of rotatable bonds is 3. The second-order valence-corrected chi connectivity index (χ2v) is 4.15. The molecule has 4 heteroatoms. The summed E-state index contributed by atoms with van der Waals surface area (Å²) in [6, 6.07) is 4.19. The van der Waals surface area contributed by atoms with Crippen molar-refractivity contribution in [3.05, 3.63) is 29.6 Å². The Bertz CT molecular complexity index is 370. The fourth-order valence-corrected chi connectivity index (χ4v) is 1.30. The Morgan fingerprint density at radius 1 is 1.38 bits per heavy atom. The Balaban J connectivity index is 2.77. The summed E-state index contributed by atoms with van der Waals surface area (Å²) in [7, 11) is 0. The minimum absolute atomic E-state index is 0.194. The van der Waals surface area contributed by atoms with Gasteiger partial charge in [0.15, 0.2) is 0 Å². The number of carbonyl (C=O) groups excluding carboxylic acids is 1. The number of nitrogens with one attached hydrogen (secondary N) is 1. The van der Waals surface area contributed by atoms with E-state index in [1.807, 2.05) is 0 Å². The van der Waals surface area contributed by atoms with Crippen LogP contribution in [0, 0.1) is 18.7 Å². The highest BCUT2D eigenvalue weighted by molar-refractivity contribution is 5.92. The van der Waals surface area contributed by atoms with Crippen LogP contribution < -0.4 is 11.1 Å². The van der Waals surface area contributed by atoms with Crippen molar-refractivity contribution in [3.63, 3.8) is 0 Å². The first-order valence-corrected chi connectivity index (χ1v) is 5.24. The van der Waals surface area contributed by atoms with Gasteiger partial charge in [0.2, 0.25) is 5.91 Å². The monoisotopic (exact) mass is 224 g/mol. The van der Waals surface area contributed by atoms with Crippen molar-refractivity contribution in [1.29, 1.82) is 0 Å². The molecule has 0 fully saturated rings. The Hall–Kier alpha value is -1.42. The lowest BCUT2D eigenvalue weighted by Crippen LogP contribution is -2.34. The van der Waals surface area contributed by atoms with Crippen LogP contribution in [0.5, 0.6) is 0 Å². The van der Waals surface area contributed by atoms with E-state index in [0.717, 1.165) is 5.56 Å². The van der Waals surface area contributed by atoms with Crippen LogP contribution >= 0.6 is 0 Å². The highest BCUT2D eigenvalue weighted by atomic mass is 19.1. The quantitative estimate of drug-likeness (QED) is 0.825. The second-order valence-electron chi connectivity index (χ2n) is 4.15. The number of anilines is 1. The largest absolute Gasteiger partial charge is 0.327 e. The molecule has 0 aliphatic rings. The van der Waals surface area contributed by atoms with E-state index >= 15 is 0 Å². The molecular formula is C12H17FN2O. The molecule has 88 valence electrons. The molecule has 0 saturated carbocycles. The fraction of sp³-hybridized carbons (Fsp3) is 0.417. The smallest absolute Gasteiger partial charge is 0.228 e. The van der Waals surface area contributed by atoms with Crippen LogP contribution in [0.2, 0.25) is 0 Å². The van der Waals surface area contributed by atoms with Crippen molar-refractivity contribution in [3.8, 4) is 0 Å². The van der Waals surface area contributed by atoms with Gasteiger partial charge in [-0.2, -0.15) is 0 Å². The zero-order valence-electron chi connectivity index (χ0n) is 9.75. The van der Waals surface area contributed by atoms with Gasteiger partial charge in [-0.15, -0.1) is 0 Å². The molecule has 0 saturated heterocycles. The number of carbonyl (C=O) groups is 1. The van der Waals surface area contributed by atoms with Gasteiger partial charge in [0.25, 0.3) is 0 Å². The molecule has 0 spiro atoms. The third-order valence-electron chi connectivity index (χ3n) is 2.51. The Morgan fingerprint density at radius 2 is 2.00 bits per heavy atom. The van der Waals surface area contributed by atoms with E-state index in [1.165, 1.54) is 12.1 Å². The van der Waals surface area contributed by atoms with Gasteiger partial charge in [-0.25, -0.2) is 4.39 Å². The SMILES string of the molecule is Cc1cc(F)cc(NC(=O)C(C)C(C)N)c1. The number of aryl methyl sites for hydroxylation is 1. The molecule has 3 N–H and O–H groups in total. The number of nitrogens with two attached hydrogens (primary N) is 1. The van der Waals surface area contributed by atoms with E-state index in [0.29, 0.717) is 5.69 Å².